The largest absolute Gasteiger partial charge is 0.508 e. The van der Waals surface area contributed by atoms with Crippen LogP contribution in [0.5, 0.6) is 5.75 Å². The predicted molar refractivity (Wildman–Crippen MR) is 55.7 cm³/mol. The molecule has 2 rings (SSSR count). The number of nitrogen functional groups attached to an aromatic ring is 1. The molecule has 0 spiro atoms. The predicted octanol–water partition coefficient (Wildman–Crippen LogP) is 1.64. The van der Waals surface area contributed by atoms with Gasteiger partial charge in [0.05, 0.1) is 17.3 Å². The van der Waals surface area contributed by atoms with Crippen molar-refractivity contribution in [1.82, 2.24) is 4.98 Å². The summed E-state index contributed by atoms with van der Waals surface area (Å²) in [5, 5.41) is 9.64. The summed E-state index contributed by atoms with van der Waals surface area (Å²) < 4.78 is 13.3. The Kier molecular flexibility index (Phi) is 1.94. The topological polar surface area (TPSA) is 59.1 Å². The Morgan fingerprint density at radius 2 is 2.20 bits per heavy atom. The number of pyridine rings is 1. The van der Waals surface area contributed by atoms with Crippen molar-refractivity contribution in [3.63, 3.8) is 0 Å². The summed E-state index contributed by atoms with van der Waals surface area (Å²) in [6.45, 7) is 0. The van der Waals surface area contributed by atoms with E-state index < -0.39 is 5.82 Å². The molecule has 0 radical (unpaired) electrons. The minimum atomic E-state index is -0.595. The number of fused-ring (bicyclic) bond motifs is 1. The first-order chi connectivity index (χ1) is 7.13. The van der Waals surface area contributed by atoms with Crippen LogP contribution in [0.3, 0.4) is 0 Å². The average Bonchev–Trinajstić information content (AvgIpc) is 2.18. The summed E-state index contributed by atoms with van der Waals surface area (Å²) >= 11 is 0. The highest BCUT2D eigenvalue weighted by Gasteiger charge is 2.10. The number of halogens is 1. The zero-order valence-electron chi connectivity index (χ0n) is 7.66. The van der Waals surface area contributed by atoms with Crippen LogP contribution in [-0.2, 0) is 0 Å². The van der Waals surface area contributed by atoms with E-state index >= 15 is 0 Å². The lowest BCUT2D eigenvalue weighted by molar-refractivity contribution is 0.476. The van der Waals surface area contributed by atoms with Crippen molar-refractivity contribution < 1.29 is 9.50 Å². The highest BCUT2D eigenvalue weighted by molar-refractivity contribution is 5.96. The molecule has 1 heterocycles. The number of nitrogens with two attached hydrogens (primary N) is 1. The van der Waals surface area contributed by atoms with Crippen LogP contribution in [0.2, 0.25) is 0 Å². The number of anilines is 1. The van der Waals surface area contributed by atoms with Gasteiger partial charge in [0.1, 0.15) is 5.75 Å². The lowest BCUT2D eigenvalue weighted by atomic mass is 10.1. The van der Waals surface area contributed by atoms with Crippen LogP contribution in [0.4, 0.5) is 10.1 Å². The first kappa shape index (κ1) is 9.28. The molecular formula is C11H7FN2O. The molecule has 0 atom stereocenters. The molecule has 1 aromatic heterocycles. The van der Waals surface area contributed by atoms with Crippen LogP contribution < -0.4 is 5.73 Å². The first-order valence-electron chi connectivity index (χ1n) is 4.17. The smallest absolute Gasteiger partial charge is 0.157 e. The zero-order valence-corrected chi connectivity index (χ0v) is 7.66. The Morgan fingerprint density at radius 3 is 2.87 bits per heavy atom. The number of rotatable bonds is 0. The quantitative estimate of drug-likeness (QED) is 0.504. The standard InChI is InChI=1S/C11H7FN2O/c1-2-7-8(12)5-14-10-4-6(15)3-9(13)11(7)10/h1,3-5,15H,13H2. The number of hydrogen-bond acceptors (Lipinski definition) is 3. The van der Waals surface area contributed by atoms with Crippen LogP contribution in [0.25, 0.3) is 10.9 Å². The Labute approximate surface area is 85.4 Å². The van der Waals surface area contributed by atoms with Gasteiger partial charge in [-0.2, -0.15) is 0 Å². The fourth-order valence-electron chi connectivity index (χ4n) is 1.46. The Bertz CT molecular complexity index is 587. The highest BCUT2D eigenvalue weighted by atomic mass is 19.1. The molecule has 4 heteroatoms. The summed E-state index contributed by atoms with van der Waals surface area (Å²) in [7, 11) is 0. The maximum atomic E-state index is 13.3. The molecule has 74 valence electrons. The van der Waals surface area contributed by atoms with Gasteiger partial charge in [-0.25, -0.2) is 4.39 Å². The van der Waals surface area contributed by atoms with E-state index in [0.29, 0.717) is 10.9 Å². The maximum Gasteiger partial charge on any atom is 0.157 e. The molecule has 3 nitrogen and oxygen atoms in total. The summed E-state index contributed by atoms with van der Waals surface area (Å²) in [4.78, 5) is 3.80. The molecule has 0 unspecified atom stereocenters. The summed E-state index contributed by atoms with van der Waals surface area (Å²) in [6, 6.07) is 2.69. The van der Waals surface area contributed by atoms with Crippen LogP contribution in [0.15, 0.2) is 18.3 Å². The van der Waals surface area contributed by atoms with Crippen molar-refractivity contribution in [2.24, 2.45) is 0 Å². The molecule has 0 aliphatic heterocycles. The number of aromatic nitrogens is 1. The molecule has 0 saturated carbocycles. The lowest BCUT2D eigenvalue weighted by Crippen LogP contribution is -1.95. The van der Waals surface area contributed by atoms with Gasteiger partial charge >= 0.3 is 0 Å². The highest BCUT2D eigenvalue weighted by Crippen LogP contribution is 2.28. The molecule has 15 heavy (non-hydrogen) atoms. The lowest BCUT2D eigenvalue weighted by Gasteiger charge is -2.05. The molecule has 0 aliphatic rings. The second-order valence-corrected chi connectivity index (χ2v) is 3.05. The van der Waals surface area contributed by atoms with E-state index in [-0.39, 0.29) is 17.0 Å². The molecule has 0 saturated heterocycles. The van der Waals surface area contributed by atoms with Crippen LogP contribution in [0, 0.1) is 18.2 Å². The van der Waals surface area contributed by atoms with Gasteiger partial charge in [0.15, 0.2) is 5.82 Å². The van der Waals surface area contributed by atoms with Gasteiger partial charge in [0.25, 0.3) is 0 Å². The minimum absolute atomic E-state index is 0.0259. The van der Waals surface area contributed by atoms with Gasteiger partial charge in [-0.15, -0.1) is 6.42 Å². The van der Waals surface area contributed by atoms with Gasteiger partial charge in [-0.3, -0.25) is 4.98 Å². The van der Waals surface area contributed by atoms with Gasteiger partial charge in [0, 0.05) is 23.2 Å². The zero-order chi connectivity index (χ0) is 11.0. The van der Waals surface area contributed by atoms with Crippen LogP contribution in [0.1, 0.15) is 5.56 Å². The fourth-order valence-corrected chi connectivity index (χ4v) is 1.46. The second kappa shape index (κ2) is 3.14. The van der Waals surface area contributed by atoms with E-state index in [9.17, 15) is 9.50 Å². The summed E-state index contributed by atoms with van der Waals surface area (Å²) in [5.41, 5.74) is 6.30. The number of hydrogen-bond donors (Lipinski definition) is 2. The fraction of sp³-hybridized carbons (Fsp3) is 0. The van der Waals surface area contributed by atoms with E-state index in [1.165, 1.54) is 12.1 Å². The van der Waals surface area contributed by atoms with E-state index in [2.05, 4.69) is 10.9 Å². The molecule has 0 fully saturated rings. The second-order valence-electron chi connectivity index (χ2n) is 3.05. The van der Waals surface area contributed by atoms with Crippen molar-refractivity contribution in [1.29, 1.82) is 0 Å². The summed E-state index contributed by atoms with van der Waals surface area (Å²) in [6.07, 6.45) is 6.20. The molecular weight excluding hydrogens is 195 g/mol. The van der Waals surface area contributed by atoms with Gasteiger partial charge in [0.2, 0.25) is 0 Å². The van der Waals surface area contributed by atoms with Gasteiger partial charge < -0.3 is 10.8 Å². The minimum Gasteiger partial charge on any atom is -0.508 e. The first-order valence-corrected chi connectivity index (χ1v) is 4.17. The van der Waals surface area contributed by atoms with E-state index in [0.717, 1.165) is 6.20 Å². The molecule has 1 aromatic carbocycles. The normalized spacial score (nSPS) is 10.1. The third-order valence-corrected chi connectivity index (χ3v) is 2.08. The average molecular weight is 202 g/mol. The summed E-state index contributed by atoms with van der Waals surface area (Å²) in [5.74, 6) is 1.60. The number of aromatic hydroxyl groups is 1. The third kappa shape index (κ3) is 1.34. The number of phenolic OH excluding ortho intramolecular Hbond substituents is 1. The SMILES string of the molecule is C#Cc1c(F)cnc2cc(O)cc(N)c12. The van der Waals surface area contributed by atoms with Crippen LogP contribution in [-0.4, -0.2) is 10.1 Å². The molecule has 2 aromatic rings. The number of phenols is 1. The van der Waals surface area contributed by atoms with Crippen molar-refractivity contribution in [3.8, 4) is 18.1 Å². The maximum absolute atomic E-state index is 13.3. The van der Waals surface area contributed by atoms with Crippen molar-refractivity contribution in [2.45, 2.75) is 0 Å². The number of benzene rings is 1. The van der Waals surface area contributed by atoms with Crippen LogP contribution >= 0.6 is 0 Å². The monoisotopic (exact) mass is 202 g/mol. The Balaban J connectivity index is 3.00. The Morgan fingerprint density at radius 1 is 1.47 bits per heavy atom. The molecule has 0 bridgehead atoms. The van der Waals surface area contributed by atoms with Crippen molar-refractivity contribution in [3.05, 3.63) is 29.7 Å². The van der Waals surface area contributed by atoms with Crippen molar-refractivity contribution >= 4 is 16.6 Å². The molecule has 0 amide bonds. The number of nitrogens with zero attached hydrogens (tertiary/aromatic N) is 1. The van der Waals surface area contributed by atoms with Crippen molar-refractivity contribution in [2.75, 3.05) is 5.73 Å². The Hall–Kier alpha value is -2.28. The van der Waals surface area contributed by atoms with E-state index in [4.69, 9.17) is 12.2 Å². The molecule has 0 aliphatic carbocycles. The van der Waals surface area contributed by atoms with Gasteiger partial charge in [-0.1, -0.05) is 5.92 Å². The molecule has 3 N–H and O–H groups in total. The van der Waals surface area contributed by atoms with Gasteiger partial charge in [-0.05, 0) is 0 Å². The van der Waals surface area contributed by atoms with E-state index in [1.807, 2.05) is 0 Å². The number of terminal acetylenes is 1. The van der Waals surface area contributed by atoms with E-state index in [1.54, 1.807) is 0 Å². The third-order valence-electron chi connectivity index (χ3n) is 2.08.